The molecule has 29 heavy (non-hydrogen) atoms. The topological polar surface area (TPSA) is 105 Å². The monoisotopic (exact) mass is 408 g/mol. The maximum atomic E-state index is 12.7. The van der Waals surface area contributed by atoms with Gasteiger partial charge in [0.15, 0.2) is 0 Å². The fourth-order valence-corrected chi connectivity index (χ4v) is 4.40. The van der Waals surface area contributed by atoms with Crippen LogP contribution in [0.3, 0.4) is 0 Å². The molecule has 1 heterocycles. The van der Waals surface area contributed by atoms with Crippen LogP contribution in [0.2, 0.25) is 0 Å². The first kappa shape index (κ1) is 20.3. The molecule has 3 aromatic rings. The molecule has 2 aromatic carbocycles. The van der Waals surface area contributed by atoms with E-state index in [1.54, 1.807) is 6.07 Å². The first-order chi connectivity index (χ1) is 13.7. The third kappa shape index (κ3) is 4.20. The van der Waals surface area contributed by atoms with Crippen LogP contribution in [-0.4, -0.2) is 24.1 Å². The highest BCUT2D eigenvalue weighted by Gasteiger charge is 2.24. The summed E-state index contributed by atoms with van der Waals surface area (Å²) < 4.78 is 28.7. The summed E-state index contributed by atoms with van der Waals surface area (Å²) in [6.07, 6.45) is 1.45. The van der Waals surface area contributed by atoms with Gasteiger partial charge in [-0.1, -0.05) is 29.8 Å². The highest BCUT2D eigenvalue weighted by molar-refractivity contribution is 7.90. The number of carbonyl (C=O) groups excluding carboxylic acids is 1. The van der Waals surface area contributed by atoms with Gasteiger partial charge in [-0.3, -0.25) is 9.48 Å². The fraction of sp³-hybridized carbons (Fsp3) is 0.190. The van der Waals surface area contributed by atoms with Crippen LogP contribution < -0.4 is 4.72 Å². The Hall–Kier alpha value is -3.44. The second-order valence-electron chi connectivity index (χ2n) is 6.79. The summed E-state index contributed by atoms with van der Waals surface area (Å²) in [5.41, 5.74) is 4.38. The molecule has 0 bridgehead atoms. The van der Waals surface area contributed by atoms with Crippen molar-refractivity contribution in [2.45, 2.75) is 32.2 Å². The van der Waals surface area contributed by atoms with Gasteiger partial charge in [-0.05, 0) is 55.7 Å². The molecule has 0 radical (unpaired) electrons. The van der Waals surface area contributed by atoms with Gasteiger partial charge in [-0.15, -0.1) is 0 Å². The molecular formula is C21H20N4O3S. The van der Waals surface area contributed by atoms with Crippen molar-refractivity contribution in [3.8, 4) is 6.07 Å². The Morgan fingerprint density at radius 3 is 2.45 bits per heavy atom. The minimum atomic E-state index is -4.20. The molecule has 7 nitrogen and oxygen atoms in total. The normalized spacial score (nSPS) is 11.1. The van der Waals surface area contributed by atoms with E-state index in [0.29, 0.717) is 6.54 Å². The van der Waals surface area contributed by atoms with Gasteiger partial charge < -0.3 is 0 Å². The number of amides is 1. The van der Waals surface area contributed by atoms with Crippen LogP contribution in [0.15, 0.2) is 53.6 Å². The SMILES string of the molecule is Cc1cc(C)c(Cn2nccc2C(=O)NS(=O)(=O)c2ccccc2C#N)c(C)c1. The zero-order chi connectivity index (χ0) is 21.2. The third-order valence-electron chi connectivity index (χ3n) is 4.62. The molecule has 3 rings (SSSR count). The van der Waals surface area contributed by atoms with Crippen LogP contribution in [0.1, 0.15) is 38.3 Å². The van der Waals surface area contributed by atoms with Crippen LogP contribution >= 0.6 is 0 Å². The van der Waals surface area contributed by atoms with Gasteiger partial charge in [0.05, 0.1) is 12.1 Å². The van der Waals surface area contributed by atoms with Crippen molar-refractivity contribution in [2.24, 2.45) is 0 Å². The highest BCUT2D eigenvalue weighted by atomic mass is 32.2. The van der Waals surface area contributed by atoms with Crippen molar-refractivity contribution in [3.05, 3.63) is 82.2 Å². The lowest BCUT2D eigenvalue weighted by Crippen LogP contribution is -2.33. The average Bonchev–Trinajstić information content (AvgIpc) is 3.12. The summed E-state index contributed by atoms with van der Waals surface area (Å²) in [7, 11) is -4.20. The quantitative estimate of drug-likeness (QED) is 0.699. The van der Waals surface area contributed by atoms with E-state index in [9.17, 15) is 13.2 Å². The average molecular weight is 408 g/mol. The zero-order valence-corrected chi connectivity index (χ0v) is 17.1. The van der Waals surface area contributed by atoms with Crippen molar-refractivity contribution in [1.82, 2.24) is 14.5 Å². The minimum absolute atomic E-state index is 0.0350. The lowest BCUT2D eigenvalue weighted by molar-refractivity contribution is 0.0971. The van der Waals surface area contributed by atoms with Gasteiger partial charge >= 0.3 is 0 Å². The van der Waals surface area contributed by atoms with Crippen LogP contribution in [0.4, 0.5) is 0 Å². The maximum Gasteiger partial charge on any atom is 0.283 e. The zero-order valence-electron chi connectivity index (χ0n) is 16.3. The Morgan fingerprint density at radius 1 is 1.14 bits per heavy atom. The Balaban J connectivity index is 1.90. The second-order valence-corrected chi connectivity index (χ2v) is 8.44. The van der Waals surface area contributed by atoms with Gasteiger partial charge in [-0.25, -0.2) is 13.1 Å². The second kappa shape index (κ2) is 7.89. The van der Waals surface area contributed by atoms with Crippen molar-refractivity contribution < 1.29 is 13.2 Å². The number of hydrogen-bond acceptors (Lipinski definition) is 5. The predicted octanol–water partition coefficient (Wildman–Crippen LogP) is 2.85. The first-order valence-corrected chi connectivity index (χ1v) is 10.4. The number of benzene rings is 2. The van der Waals surface area contributed by atoms with E-state index < -0.39 is 15.9 Å². The van der Waals surface area contributed by atoms with E-state index >= 15 is 0 Å². The molecule has 148 valence electrons. The van der Waals surface area contributed by atoms with E-state index in [4.69, 9.17) is 5.26 Å². The smallest absolute Gasteiger partial charge is 0.266 e. The molecule has 0 unspecified atom stereocenters. The molecular weight excluding hydrogens is 388 g/mol. The molecule has 0 aliphatic heterocycles. The Bertz CT molecular complexity index is 1210. The first-order valence-electron chi connectivity index (χ1n) is 8.87. The van der Waals surface area contributed by atoms with Gasteiger partial charge in [0, 0.05) is 6.20 Å². The number of aryl methyl sites for hydroxylation is 3. The molecule has 8 heteroatoms. The molecule has 0 aliphatic carbocycles. The summed E-state index contributed by atoms with van der Waals surface area (Å²) in [6.45, 7) is 6.33. The summed E-state index contributed by atoms with van der Waals surface area (Å²) >= 11 is 0. The number of sulfonamides is 1. The number of carbonyl (C=O) groups is 1. The number of nitrogens with zero attached hydrogens (tertiary/aromatic N) is 3. The molecule has 1 N–H and O–H groups in total. The Morgan fingerprint density at radius 2 is 1.79 bits per heavy atom. The van der Waals surface area contributed by atoms with E-state index in [1.165, 1.54) is 35.1 Å². The van der Waals surface area contributed by atoms with E-state index in [1.807, 2.05) is 31.6 Å². The third-order valence-corrected chi connectivity index (χ3v) is 6.01. The number of hydrogen-bond donors (Lipinski definition) is 1. The Labute approximate surface area is 169 Å². The van der Waals surface area contributed by atoms with E-state index in [0.717, 1.165) is 22.3 Å². The van der Waals surface area contributed by atoms with Crippen LogP contribution in [0.25, 0.3) is 0 Å². The van der Waals surface area contributed by atoms with E-state index in [-0.39, 0.29) is 16.2 Å². The molecule has 0 saturated heterocycles. The summed E-state index contributed by atoms with van der Waals surface area (Å²) in [6, 6.07) is 13.1. The van der Waals surface area contributed by atoms with Gasteiger partial charge in [0.25, 0.3) is 15.9 Å². The summed E-state index contributed by atoms with van der Waals surface area (Å²) in [4.78, 5) is 12.5. The number of rotatable bonds is 5. The highest BCUT2D eigenvalue weighted by Crippen LogP contribution is 2.19. The Kier molecular flexibility index (Phi) is 5.52. The van der Waals surface area contributed by atoms with Gasteiger partial charge in [-0.2, -0.15) is 10.4 Å². The standard InChI is InChI=1S/C21H20N4O3S/c1-14-10-15(2)18(16(3)11-14)13-25-19(8-9-23-25)21(26)24-29(27,28)20-7-5-4-6-17(20)12-22/h4-11H,13H2,1-3H3,(H,24,26). The minimum Gasteiger partial charge on any atom is -0.266 e. The largest absolute Gasteiger partial charge is 0.283 e. The molecule has 0 fully saturated rings. The number of nitriles is 1. The van der Waals surface area contributed by atoms with Crippen LogP contribution in [0.5, 0.6) is 0 Å². The number of aromatic nitrogens is 2. The predicted molar refractivity (Wildman–Crippen MR) is 108 cm³/mol. The fourth-order valence-electron chi connectivity index (χ4n) is 3.28. The molecule has 1 amide bonds. The molecule has 0 spiro atoms. The lowest BCUT2D eigenvalue weighted by Gasteiger charge is -2.14. The lowest BCUT2D eigenvalue weighted by atomic mass is 10.00. The molecule has 0 atom stereocenters. The van der Waals surface area contributed by atoms with Crippen LogP contribution in [-0.2, 0) is 16.6 Å². The molecule has 0 aliphatic rings. The molecule has 0 saturated carbocycles. The summed E-state index contributed by atoms with van der Waals surface area (Å²) in [5, 5.41) is 13.3. The van der Waals surface area contributed by atoms with E-state index in [2.05, 4.69) is 17.2 Å². The summed E-state index contributed by atoms with van der Waals surface area (Å²) in [5.74, 6) is -0.808. The van der Waals surface area contributed by atoms with Crippen molar-refractivity contribution >= 4 is 15.9 Å². The maximum absolute atomic E-state index is 12.7. The van der Waals surface area contributed by atoms with Crippen LogP contribution in [0, 0.1) is 32.1 Å². The number of nitrogens with one attached hydrogen (secondary N) is 1. The van der Waals surface area contributed by atoms with Crippen molar-refractivity contribution in [3.63, 3.8) is 0 Å². The van der Waals surface area contributed by atoms with Gasteiger partial charge in [0.1, 0.15) is 16.7 Å². The molecule has 1 aromatic heterocycles. The van der Waals surface area contributed by atoms with Crippen molar-refractivity contribution in [2.75, 3.05) is 0 Å². The van der Waals surface area contributed by atoms with Crippen molar-refractivity contribution in [1.29, 1.82) is 5.26 Å². The van der Waals surface area contributed by atoms with Gasteiger partial charge in [0.2, 0.25) is 0 Å².